The van der Waals surface area contributed by atoms with Crippen molar-refractivity contribution >= 4 is 33.0 Å². The van der Waals surface area contributed by atoms with E-state index in [4.69, 9.17) is 23.2 Å². The number of aliphatic hydroxyl groups is 1. The Morgan fingerprint density at radius 3 is 2.22 bits per heavy atom. The number of likely N-dealkylation sites (N-methyl/N-ethyl adjacent to an activating group) is 1. The van der Waals surface area contributed by atoms with Gasteiger partial charge in [0.05, 0.1) is 0 Å². The molecule has 1 aliphatic heterocycles. The molecule has 2 rings (SSSR count). The fraction of sp³-hybridized carbons (Fsp3) is 0.455. The maximum atomic E-state index is 11.7. The Bertz CT molecular complexity index is 570. The molecule has 0 radical (unpaired) electrons. The van der Waals surface area contributed by atoms with Gasteiger partial charge in [-0.2, -0.15) is 0 Å². The summed E-state index contributed by atoms with van der Waals surface area (Å²) in [6.07, 6.45) is 1.10. The normalized spacial score (nSPS) is 29.1. The first kappa shape index (κ1) is 14.1. The molecule has 1 N–H and O–H groups in total. The van der Waals surface area contributed by atoms with Gasteiger partial charge in [0.25, 0.3) is 0 Å². The lowest BCUT2D eigenvalue weighted by atomic mass is 9.86. The lowest BCUT2D eigenvalue weighted by Gasteiger charge is -2.51. The monoisotopic (exact) mass is 309 g/mol. The Hall–Kier alpha value is -0.330. The summed E-state index contributed by atoms with van der Waals surface area (Å²) < 4.78 is 23.4. The second-order valence-electron chi connectivity index (χ2n) is 4.68. The van der Waals surface area contributed by atoms with Crippen molar-refractivity contribution in [1.29, 1.82) is 0 Å². The summed E-state index contributed by atoms with van der Waals surface area (Å²) >= 11 is 11.8. The summed E-state index contributed by atoms with van der Waals surface area (Å²) in [5.74, 6) is 0. The van der Waals surface area contributed by atoms with Crippen LogP contribution in [-0.2, 0) is 15.4 Å². The van der Waals surface area contributed by atoms with Gasteiger partial charge in [0, 0.05) is 22.8 Å². The fourth-order valence-corrected chi connectivity index (χ4v) is 4.69. The zero-order chi connectivity index (χ0) is 13.7. The molecule has 1 aromatic carbocycles. The van der Waals surface area contributed by atoms with Crippen molar-refractivity contribution in [2.75, 3.05) is 19.8 Å². The maximum absolute atomic E-state index is 11.7. The average Bonchev–Trinajstić information content (AvgIpc) is 2.11. The smallest absolute Gasteiger partial charge is 0.166 e. The van der Waals surface area contributed by atoms with E-state index in [-0.39, 0.29) is 6.54 Å². The number of hydrogen-bond acceptors (Lipinski definition) is 4. The van der Waals surface area contributed by atoms with Crippen molar-refractivity contribution in [3.05, 3.63) is 33.8 Å². The number of nitrogens with zero attached hydrogens (tertiary/aromatic N) is 1. The number of hydrogen-bond donors (Lipinski definition) is 1. The number of benzene rings is 1. The quantitative estimate of drug-likeness (QED) is 0.899. The summed E-state index contributed by atoms with van der Waals surface area (Å²) in [5, 5.41) is 10.3. The van der Waals surface area contributed by atoms with Crippen LogP contribution in [-0.4, -0.2) is 43.6 Å². The van der Waals surface area contributed by atoms with Crippen LogP contribution in [0.4, 0.5) is 0 Å². The molecule has 0 spiro atoms. The van der Waals surface area contributed by atoms with Crippen molar-refractivity contribution in [3.63, 3.8) is 0 Å². The summed E-state index contributed by atoms with van der Waals surface area (Å²) in [6, 6.07) is 4.62. The Kier molecular flexibility index (Phi) is 3.41. The van der Waals surface area contributed by atoms with E-state index in [2.05, 4.69) is 0 Å². The minimum absolute atomic E-state index is 0.224. The number of rotatable bonds is 2. The molecule has 1 aromatic rings. The van der Waals surface area contributed by atoms with Crippen LogP contribution in [0, 0.1) is 0 Å². The van der Waals surface area contributed by atoms with Gasteiger partial charge in [0.2, 0.25) is 0 Å². The Labute approximate surface area is 116 Å². The highest BCUT2D eigenvalue weighted by molar-refractivity contribution is 7.91. The third-order valence-electron chi connectivity index (χ3n) is 3.07. The van der Waals surface area contributed by atoms with Gasteiger partial charge in [-0.25, -0.2) is 8.42 Å². The molecule has 4 nitrogen and oxygen atoms in total. The van der Waals surface area contributed by atoms with Gasteiger partial charge in [-0.3, -0.25) is 4.90 Å². The van der Waals surface area contributed by atoms with E-state index in [0.717, 1.165) is 6.26 Å². The molecule has 7 heteroatoms. The van der Waals surface area contributed by atoms with Gasteiger partial charge >= 0.3 is 0 Å². The first-order chi connectivity index (χ1) is 8.14. The highest BCUT2D eigenvalue weighted by atomic mass is 35.5. The largest absolute Gasteiger partial charge is 0.381 e. The van der Waals surface area contributed by atoms with Crippen LogP contribution in [0.3, 0.4) is 0 Å². The van der Waals surface area contributed by atoms with Crippen molar-refractivity contribution in [1.82, 2.24) is 4.90 Å². The van der Waals surface area contributed by atoms with Crippen LogP contribution < -0.4 is 0 Å². The molecular formula is C11H13Cl2NO3S. The highest BCUT2D eigenvalue weighted by Crippen LogP contribution is 2.41. The highest BCUT2D eigenvalue weighted by Gasteiger charge is 2.56. The molecule has 0 bridgehead atoms. The van der Waals surface area contributed by atoms with E-state index >= 15 is 0 Å². The molecule has 0 saturated carbocycles. The number of likely N-dealkylation sites (tertiary alicyclic amines) is 1. The van der Waals surface area contributed by atoms with E-state index in [9.17, 15) is 13.5 Å². The van der Waals surface area contributed by atoms with Gasteiger partial charge in [0.1, 0.15) is 11.0 Å². The Morgan fingerprint density at radius 2 is 1.83 bits per heavy atom. The zero-order valence-corrected chi connectivity index (χ0v) is 12.2. The number of halogens is 2. The predicted octanol–water partition coefficient (Wildman–Crippen LogP) is 1.50. The average molecular weight is 310 g/mol. The number of β-amino-alcohol motifs (C(OH)–C–C–N with tert-alkyl or cyclic N) is 1. The molecule has 1 fully saturated rings. The summed E-state index contributed by atoms with van der Waals surface area (Å²) in [5.41, 5.74) is -1.04. The minimum atomic E-state index is -3.41. The van der Waals surface area contributed by atoms with Crippen LogP contribution in [0.5, 0.6) is 0 Å². The van der Waals surface area contributed by atoms with Crippen molar-refractivity contribution in [3.8, 4) is 0 Å². The summed E-state index contributed by atoms with van der Waals surface area (Å²) in [4.78, 5) is 1.57. The van der Waals surface area contributed by atoms with E-state index < -0.39 is 20.8 Å². The molecule has 1 aliphatic rings. The van der Waals surface area contributed by atoms with Crippen LogP contribution in [0.2, 0.25) is 10.0 Å². The zero-order valence-electron chi connectivity index (χ0n) is 9.89. The Balaban J connectivity index is 2.49. The van der Waals surface area contributed by atoms with E-state index in [1.54, 1.807) is 24.1 Å². The molecule has 100 valence electrons. The summed E-state index contributed by atoms with van der Waals surface area (Å²) in [6.45, 7) is 0.224. The molecule has 0 aliphatic carbocycles. The second kappa shape index (κ2) is 4.35. The van der Waals surface area contributed by atoms with Crippen molar-refractivity contribution < 1.29 is 13.5 Å². The van der Waals surface area contributed by atoms with Crippen molar-refractivity contribution in [2.24, 2.45) is 0 Å². The van der Waals surface area contributed by atoms with E-state index in [0.29, 0.717) is 15.6 Å². The second-order valence-corrected chi connectivity index (χ2v) is 7.66. The Morgan fingerprint density at radius 1 is 1.33 bits per heavy atom. The standard InChI is InChI=1S/C11H13Cl2NO3S/c1-14-6-11(15,10(14)18(2,16)17)7-3-8(12)5-9(13)4-7/h3-5,10,15H,6H2,1-2H3. The van der Waals surface area contributed by atoms with Crippen LogP contribution in [0.15, 0.2) is 18.2 Å². The summed E-state index contributed by atoms with van der Waals surface area (Å²) in [7, 11) is -1.76. The third-order valence-corrected chi connectivity index (χ3v) is 5.06. The molecule has 0 amide bonds. The molecule has 2 atom stereocenters. The van der Waals surface area contributed by atoms with Crippen LogP contribution in [0.25, 0.3) is 0 Å². The van der Waals surface area contributed by atoms with Gasteiger partial charge in [0.15, 0.2) is 9.84 Å². The molecule has 1 saturated heterocycles. The van der Waals surface area contributed by atoms with Crippen LogP contribution >= 0.6 is 23.2 Å². The third kappa shape index (κ3) is 2.26. The minimum Gasteiger partial charge on any atom is -0.381 e. The van der Waals surface area contributed by atoms with Crippen molar-refractivity contribution in [2.45, 2.75) is 11.0 Å². The maximum Gasteiger partial charge on any atom is 0.166 e. The van der Waals surface area contributed by atoms with Gasteiger partial charge < -0.3 is 5.11 Å². The predicted molar refractivity (Wildman–Crippen MR) is 71.6 cm³/mol. The first-order valence-corrected chi connectivity index (χ1v) is 7.94. The molecular weight excluding hydrogens is 297 g/mol. The topological polar surface area (TPSA) is 57.6 Å². The lowest BCUT2D eigenvalue weighted by molar-refractivity contribution is -0.113. The first-order valence-electron chi connectivity index (χ1n) is 5.22. The molecule has 1 heterocycles. The van der Waals surface area contributed by atoms with Gasteiger partial charge in [-0.15, -0.1) is 0 Å². The molecule has 2 unspecified atom stereocenters. The van der Waals surface area contributed by atoms with Gasteiger partial charge in [-0.05, 0) is 30.8 Å². The van der Waals surface area contributed by atoms with Gasteiger partial charge in [-0.1, -0.05) is 23.2 Å². The van der Waals surface area contributed by atoms with E-state index in [1.807, 2.05) is 0 Å². The SMILES string of the molecule is CN1CC(O)(c2cc(Cl)cc(Cl)c2)C1S(C)(=O)=O. The van der Waals surface area contributed by atoms with Crippen LogP contribution in [0.1, 0.15) is 5.56 Å². The van der Waals surface area contributed by atoms with E-state index in [1.165, 1.54) is 6.07 Å². The molecule has 0 aromatic heterocycles. The molecule has 18 heavy (non-hydrogen) atoms. The fourth-order valence-electron chi connectivity index (χ4n) is 2.51. The number of sulfone groups is 1. The lowest BCUT2D eigenvalue weighted by Crippen LogP contribution is -2.68.